The number of hydrogen-bond donors (Lipinski definition) is 1. The van der Waals surface area contributed by atoms with Crippen LogP contribution in [-0.2, 0) is 16.0 Å². The Morgan fingerprint density at radius 2 is 2.28 bits per heavy atom. The van der Waals surface area contributed by atoms with E-state index in [1.807, 2.05) is 0 Å². The van der Waals surface area contributed by atoms with Crippen molar-refractivity contribution in [1.29, 1.82) is 0 Å². The number of nitro groups is 1. The molecule has 0 fully saturated rings. The van der Waals surface area contributed by atoms with Crippen LogP contribution in [0.1, 0.15) is 12.5 Å². The Labute approximate surface area is 112 Å². The number of aromatic hydroxyl groups is 1. The van der Waals surface area contributed by atoms with Gasteiger partial charge >= 0.3 is 5.97 Å². The predicted octanol–water partition coefficient (Wildman–Crippen LogP) is 2.17. The molecule has 0 aliphatic carbocycles. The van der Waals surface area contributed by atoms with Crippen molar-refractivity contribution in [2.45, 2.75) is 18.2 Å². The number of hydrogen-bond acceptors (Lipinski definition) is 5. The summed E-state index contributed by atoms with van der Waals surface area (Å²) in [7, 11) is 0. The maximum atomic E-state index is 11.4. The molecule has 0 bridgehead atoms. The van der Waals surface area contributed by atoms with E-state index in [1.54, 1.807) is 6.92 Å². The SMILES string of the molecule is CCOC(=O)C(Br)Cc1cc([N+](=O)[O-])ccc1O. The predicted molar refractivity (Wildman–Crippen MR) is 67.8 cm³/mol. The van der Waals surface area contributed by atoms with Gasteiger partial charge in [-0.1, -0.05) is 15.9 Å². The molecule has 7 heteroatoms. The smallest absolute Gasteiger partial charge is 0.320 e. The van der Waals surface area contributed by atoms with Gasteiger partial charge in [0.25, 0.3) is 5.69 Å². The van der Waals surface area contributed by atoms with Gasteiger partial charge < -0.3 is 9.84 Å². The van der Waals surface area contributed by atoms with E-state index < -0.39 is 15.7 Å². The molecule has 0 heterocycles. The Kier molecular flexibility index (Phi) is 5.08. The minimum atomic E-state index is -0.648. The number of non-ortho nitro benzene ring substituents is 1. The number of nitrogens with zero attached hydrogens (tertiary/aromatic N) is 1. The number of nitro benzene ring substituents is 1. The molecule has 0 radical (unpaired) electrons. The Bertz CT molecular complexity index is 463. The molecule has 0 saturated carbocycles. The number of rotatable bonds is 5. The summed E-state index contributed by atoms with van der Waals surface area (Å²) in [6, 6.07) is 3.67. The van der Waals surface area contributed by atoms with Crippen molar-refractivity contribution in [3.05, 3.63) is 33.9 Å². The number of halogens is 1. The monoisotopic (exact) mass is 317 g/mol. The van der Waals surface area contributed by atoms with Crippen molar-refractivity contribution in [3.63, 3.8) is 0 Å². The van der Waals surface area contributed by atoms with Gasteiger partial charge in [-0.2, -0.15) is 0 Å². The van der Waals surface area contributed by atoms with Gasteiger partial charge in [-0.3, -0.25) is 14.9 Å². The maximum Gasteiger partial charge on any atom is 0.320 e. The fourth-order valence-corrected chi connectivity index (χ4v) is 1.84. The number of phenolic OH excluding ortho intramolecular Hbond substituents is 1. The highest BCUT2D eigenvalue weighted by atomic mass is 79.9. The number of alkyl halides is 1. The average molecular weight is 318 g/mol. The molecule has 0 spiro atoms. The minimum Gasteiger partial charge on any atom is -0.508 e. The second-order valence-electron chi connectivity index (χ2n) is 3.49. The van der Waals surface area contributed by atoms with Crippen molar-refractivity contribution >= 4 is 27.6 Å². The molecule has 0 aromatic heterocycles. The van der Waals surface area contributed by atoms with Gasteiger partial charge in [0, 0.05) is 17.7 Å². The second kappa shape index (κ2) is 6.34. The third kappa shape index (κ3) is 3.69. The average Bonchev–Trinajstić information content (AvgIpc) is 2.31. The first-order valence-corrected chi connectivity index (χ1v) is 6.14. The van der Waals surface area contributed by atoms with E-state index in [4.69, 9.17) is 4.74 Å². The highest BCUT2D eigenvalue weighted by Crippen LogP contribution is 2.25. The van der Waals surface area contributed by atoms with Crippen LogP contribution < -0.4 is 0 Å². The van der Waals surface area contributed by atoms with Gasteiger partial charge in [-0.15, -0.1) is 0 Å². The summed E-state index contributed by atoms with van der Waals surface area (Å²) >= 11 is 3.12. The van der Waals surface area contributed by atoms with Crippen LogP contribution in [0.5, 0.6) is 5.75 Å². The first kappa shape index (κ1) is 14.4. The summed E-state index contributed by atoms with van der Waals surface area (Å²) in [6.07, 6.45) is 0.117. The lowest BCUT2D eigenvalue weighted by atomic mass is 10.1. The number of benzene rings is 1. The van der Waals surface area contributed by atoms with Crippen LogP contribution >= 0.6 is 15.9 Å². The highest BCUT2D eigenvalue weighted by Gasteiger charge is 2.20. The molecular weight excluding hydrogens is 306 g/mol. The molecule has 0 amide bonds. The summed E-state index contributed by atoms with van der Waals surface area (Å²) in [6.45, 7) is 1.93. The third-order valence-corrected chi connectivity index (χ3v) is 2.91. The fraction of sp³-hybridized carbons (Fsp3) is 0.364. The zero-order valence-electron chi connectivity index (χ0n) is 9.63. The summed E-state index contributed by atoms with van der Waals surface area (Å²) in [5.41, 5.74) is 0.186. The fourth-order valence-electron chi connectivity index (χ4n) is 1.36. The van der Waals surface area contributed by atoms with Crippen molar-refractivity contribution in [3.8, 4) is 5.75 Å². The lowest BCUT2D eigenvalue weighted by molar-refractivity contribution is -0.384. The minimum absolute atomic E-state index is 0.0886. The van der Waals surface area contributed by atoms with Crippen LogP contribution in [0.15, 0.2) is 18.2 Å². The van der Waals surface area contributed by atoms with Gasteiger partial charge in [0.15, 0.2) is 0 Å². The van der Waals surface area contributed by atoms with Crippen LogP contribution in [0.25, 0.3) is 0 Å². The molecule has 6 nitrogen and oxygen atoms in total. The molecular formula is C11H12BrNO5. The zero-order chi connectivity index (χ0) is 13.7. The third-order valence-electron chi connectivity index (χ3n) is 2.22. The van der Waals surface area contributed by atoms with Crippen LogP contribution in [0, 0.1) is 10.1 Å². The molecule has 18 heavy (non-hydrogen) atoms. The van der Waals surface area contributed by atoms with E-state index in [0.29, 0.717) is 5.56 Å². The molecule has 1 unspecified atom stereocenters. The van der Waals surface area contributed by atoms with Crippen molar-refractivity contribution < 1.29 is 19.6 Å². The standard InChI is InChI=1S/C11H12BrNO5/c1-2-18-11(15)9(12)6-7-5-8(13(16)17)3-4-10(7)14/h3-5,9,14H,2,6H2,1H3. The summed E-state index contributed by atoms with van der Waals surface area (Å²) < 4.78 is 4.79. The summed E-state index contributed by atoms with van der Waals surface area (Å²) in [5.74, 6) is -0.558. The van der Waals surface area contributed by atoms with Gasteiger partial charge in [0.1, 0.15) is 10.6 Å². The Hall–Kier alpha value is -1.63. The molecule has 1 aromatic rings. The molecule has 1 rings (SSSR count). The molecule has 1 atom stereocenters. The maximum absolute atomic E-state index is 11.4. The molecule has 0 saturated heterocycles. The number of phenols is 1. The van der Waals surface area contributed by atoms with Crippen LogP contribution in [0.2, 0.25) is 0 Å². The number of ether oxygens (including phenoxy) is 1. The van der Waals surface area contributed by atoms with Gasteiger partial charge in [0.2, 0.25) is 0 Å². The molecule has 1 N–H and O–H groups in total. The number of esters is 1. The normalized spacial score (nSPS) is 11.9. The second-order valence-corrected chi connectivity index (χ2v) is 4.60. The quantitative estimate of drug-likeness (QED) is 0.389. The molecule has 0 aliphatic heterocycles. The van der Waals surface area contributed by atoms with Crippen LogP contribution in [0.4, 0.5) is 5.69 Å². The van der Waals surface area contributed by atoms with E-state index in [0.717, 1.165) is 0 Å². The first-order chi connectivity index (χ1) is 8.45. The van der Waals surface area contributed by atoms with E-state index in [2.05, 4.69) is 15.9 Å². The van der Waals surface area contributed by atoms with Crippen molar-refractivity contribution in [2.75, 3.05) is 6.61 Å². The van der Waals surface area contributed by atoms with E-state index in [9.17, 15) is 20.0 Å². The van der Waals surface area contributed by atoms with Crippen LogP contribution in [-0.4, -0.2) is 27.4 Å². The van der Waals surface area contributed by atoms with Gasteiger partial charge in [0.05, 0.1) is 11.5 Å². The van der Waals surface area contributed by atoms with Gasteiger partial charge in [-0.25, -0.2) is 0 Å². The molecule has 0 aliphatic rings. The lowest BCUT2D eigenvalue weighted by Gasteiger charge is -2.10. The largest absolute Gasteiger partial charge is 0.508 e. The number of carbonyl (C=O) groups excluding carboxylic acids is 1. The number of carbonyl (C=O) groups is 1. The van der Waals surface area contributed by atoms with E-state index in [-0.39, 0.29) is 24.5 Å². The summed E-state index contributed by atoms with van der Waals surface area (Å²) in [4.78, 5) is 20.8. The van der Waals surface area contributed by atoms with E-state index >= 15 is 0 Å². The molecule has 1 aromatic carbocycles. The Balaban J connectivity index is 2.86. The molecule has 98 valence electrons. The Morgan fingerprint density at radius 1 is 1.61 bits per heavy atom. The summed E-state index contributed by atoms with van der Waals surface area (Å²) in [5, 5.41) is 20.2. The highest BCUT2D eigenvalue weighted by molar-refractivity contribution is 9.10. The topological polar surface area (TPSA) is 89.7 Å². The first-order valence-electron chi connectivity index (χ1n) is 5.22. The Morgan fingerprint density at radius 3 is 2.83 bits per heavy atom. The lowest BCUT2D eigenvalue weighted by Crippen LogP contribution is -2.19. The van der Waals surface area contributed by atoms with Crippen molar-refractivity contribution in [2.24, 2.45) is 0 Å². The van der Waals surface area contributed by atoms with E-state index in [1.165, 1.54) is 18.2 Å². The van der Waals surface area contributed by atoms with Crippen LogP contribution in [0.3, 0.4) is 0 Å². The van der Waals surface area contributed by atoms with Crippen molar-refractivity contribution in [1.82, 2.24) is 0 Å². The van der Waals surface area contributed by atoms with Gasteiger partial charge in [-0.05, 0) is 19.4 Å². The zero-order valence-corrected chi connectivity index (χ0v) is 11.2.